The number of nitrogens with zero attached hydrogens (tertiary/aromatic N) is 5. The first-order chi connectivity index (χ1) is 15.4. The zero-order valence-corrected chi connectivity index (χ0v) is 17.0. The van der Waals surface area contributed by atoms with Gasteiger partial charge in [0.2, 0.25) is 0 Å². The van der Waals surface area contributed by atoms with Crippen molar-refractivity contribution in [2.24, 2.45) is 9.98 Å². The molecule has 3 aromatic rings. The van der Waals surface area contributed by atoms with Crippen molar-refractivity contribution < 1.29 is 14.6 Å². The van der Waals surface area contributed by atoms with Crippen LogP contribution in [0.2, 0.25) is 0 Å². The molecule has 32 heavy (non-hydrogen) atoms. The number of aromatic hydroxyl groups is 1. The molecule has 0 spiro atoms. The Morgan fingerprint density at radius 3 is 2.75 bits per heavy atom. The third-order valence-corrected chi connectivity index (χ3v) is 4.67. The van der Waals surface area contributed by atoms with Gasteiger partial charge in [0.1, 0.15) is 29.7 Å². The van der Waals surface area contributed by atoms with Gasteiger partial charge in [-0.25, -0.2) is 9.38 Å². The molecule has 160 valence electrons. The fraction of sp³-hybridized carbons (Fsp3) is 0.0870. The highest BCUT2D eigenvalue weighted by molar-refractivity contribution is 5.79. The molecule has 0 saturated carbocycles. The number of halogens is 1. The first kappa shape index (κ1) is 22.3. The summed E-state index contributed by atoms with van der Waals surface area (Å²) in [7, 11) is 0. The summed E-state index contributed by atoms with van der Waals surface area (Å²) in [4.78, 5) is 25.1. The SMILES string of the molecule is C=N/C=N\C=C(/C)n1c(CO)c(-c2ncccc2O)cc(-c2cccc(F)c2C#N)c1=O. The Kier molecular flexibility index (Phi) is 6.68. The number of rotatable bonds is 6. The molecule has 2 aromatic heterocycles. The third kappa shape index (κ3) is 4.08. The van der Waals surface area contributed by atoms with E-state index in [0.29, 0.717) is 5.70 Å². The first-order valence-electron chi connectivity index (χ1n) is 9.32. The van der Waals surface area contributed by atoms with Crippen molar-refractivity contribution >= 4 is 18.8 Å². The second-order valence-electron chi connectivity index (χ2n) is 6.58. The topological polar surface area (TPSA) is 124 Å². The van der Waals surface area contributed by atoms with E-state index in [1.807, 2.05) is 0 Å². The molecule has 2 heterocycles. The van der Waals surface area contributed by atoms with Crippen LogP contribution >= 0.6 is 0 Å². The van der Waals surface area contributed by atoms with Crippen LogP contribution in [0.5, 0.6) is 5.75 Å². The van der Waals surface area contributed by atoms with Crippen LogP contribution < -0.4 is 5.56 Å². The van der Waals surface area contributed by atoms with E-state index in [9.17, 15) is 24.7 Å². The predicted molar refractivity (Wildman–Crippen MR) is 120 cm³/mol. The third-order valence-electron chi connectivity index (χ3n) is 4.67. The normalized spacial score (nSPS) is 11.5. The number of benzene rings is 1. The lowest BCUT2D eigenvalue weighted by Crippen LogP contribution is -2.25. The largest absolute Gasteiger partial charge is 0.506 e. The molecule has 0 bridgehead atoms. The van der Waals surface area contributed by atoms with Gasteiger partial charge in [0.15, 0.2) is 0 Å². The number of aliphatic imine (C=N–C) groups is 2. The molecule has 0 atom stereocenters. The molecule has 9 heteroatoms. The van der Waals surface area contributed by atoms with E-state index in [2.05, 4.69) is 21.7 Å². The van der Waals surface area contributed by atoms with Gasteiger partial charge < -0.3 is 10.2 Å². The minimum atomic E-state index is -0.779. The molecule has 0 fully saturated rings. The maximum Gasteiger partial charge on any atom is 0.263 e. The number of aliphatic hydroxyl groups is 1. The molecule has 0 radical (unpaired) electrons. The molecule has 0 unspecified atom stereocenters. The average molecular weight is 431 g/mol. The Morgan fingerprint density at radius 1 is 1.31 bits per heavy atom. The number of hydrogen-bond acceptors (Lipinski definition) is 6. The van der Waals surface area contributed by atoms with Gasteiger partial charge >= 0.3 is 0 Å². The number of nitriles is 1. The molecule has 0 aliphatic heterocycles. The molecule has 0 saturated heterocycles. The van der Waals surface area contributed by atoms with Gasteiger partial charge in [0, 0.05) is 34.8 Å². The smallest absolute Gasteiger partial charge is 0.263 e. The van der Waals surface area contributed by atoms with Gasteiger partial charge in [-0.15, -0.1) is 0 Å². The Morgan fingerprint density at radius 2 is 2.09 bits per heavy atom. The molecule has 0 amide bonds. The van der Waals surface area contributed by atoms with Crippen LogP contribution in [0.4, 0.5) is 4.39 Å². The lowest BCUT2D eigenvalue weighted by Gasteiger charge is -2.19. The van der Waals surface area contributed by atoms with Gasteiger partial charge in [0.25, 0.3) is 5.56 Å². The van der Waals surface area contributed by atoms with Gasteiger partial charge in [-0.3, -0.25) is 19.3 Å². The number of hydrogen-bond donors (Lipinski definition) is 2. The Labute approximate surface area is 182 Å². The zero-order valence-electron chi connectivity index (χ0n) is 17.0. The van der Waals surface area contributed by atoms with Gasteiger partial charge in [-0.05, 0) is 37.9 Å². The predicted octanol–water partition coefficient (Wildman–Crippen LogP) is 3.33. The summed E-state index contributed by atoms with van der Waals surface area (Å²) >= 11 is 0. The number of pyridine rings is 2. The van der Waals surface area contributed by atoms with Crippen molar-refractivity contribution in [2.75, 3.05) is 0 Å². The molecular formula is C23H18FN5O3. The van der Waals surface area contributed by atoms with Crippen molar-refractivity contribution in [2.45, 2.75) is 13.5 Å². The number of aromatic nitrogens is 2. The fourth-order valence-corrected chi connectivity index (χ4v) is 3.29. The van der Waals surface area contributed by atoms with Gasteiger partial charge in [-0.2, -0.15) is 5.26 Å². The maximum absolute atomic E-state index is 14.3. The Bertz CT molecular complexity index is 1350. The van der Waals surface area contributed by atoms with E-state index in [4.69, 9.17) is 0 Å². The minimum absolute atomic E-state index is 0.0168. The second kappa shape index (κ2) is 9.59. The molecule has 2 N–H and O–H groups in total. The van der Waals surface area contributed by atoms with Crippen molar-refractivity contribution in [1.82, 2.24) is 9.55 Å². The maximum atomic E-state index is 14.3. The van der Waals surface area contributed by atoms with E-state index >= 15 is 0 Å². The quantitative estimate of drug-likeness (QED) is 0.458. The lowest BCUT2D eigenvalue weighted by atomic mass is 9.97. The van der Waals surface area contributed by atoms with Crippen molar-refractivity contribution in [1.29, 1.82) is 5.26 Å². The first-order valence-corrected chi connectivity index (χ1v) is 9.32. The summed E-state index contributed by atoms with van der Waals surface area (Å²) in [6.45, 7) is 4.28. The van der Waals surface area contributed by atoms with E-state index in [-0.39, 0.29) is 39.4 Å². The average Bonchev–Trinajstić information content (AvgIpc) is 2.79. The molecule has 0 aliphatic rings. The van der Waals surface area contributed by atoms with E-state index in [1.165, 1.54) is 53.6 Å². The van der Waals surface area contributed by atoms with E-state index < -0.39 is 18.0 Å². The molecular weight excluding hydrogens is 413 g/mol. The number of aliphatic hydroxyl groups excluding tert-OH is 1. The summed E-state index contributed by atoms with van der Waals surface area (Å²) in [6, 6.07) is 10.0. The summed E-state index contributed by atoms with van der Waals surface area (Å²) < 4.78 is 15.5. The van der Waals surface area contributed by atoms with Gasteiger partial charge in [-0.1, -0.05) is 12.1 Å². The summed E-state index contributed by atoms with van der Waals surface area (Å²) in [6.07, 6.45) is 3.94. The van der Waals surface area contributed by atoms with Crippen LogP contribution in [0.3, 0.4) is 0 Å². The van der Waals surface area contributed by atoms with E-state index in [1.54, 1.807) is 13.0 Å². The highest BCUT2D eigenvalue weighted by Gasteiger charge is 2.22. The van der Waals surface area contributed by atoms with Crippen molar-refractivity contribution in [3.05, 3.63) is 76.2 Å². The molecule has 8 nitrogen and oxygen atoms in total. The summed E-state index contributed by atoms with van der Waals surface area (Å²) in [5.74, 6) is -0.966. The van der Waals surface area contributed by atoms with Crippen LogP contribution in [-0.2, 0) is 6.61 Å². The Balaban J connectivity index is 2.49. The van der Waals surface area contributed by atoms with Gasteiger partial charge in [0.05, 0.1) is 17.9 Å². The highest BCUT2D eigenvalue weighted by Crippen LogP contribution is 2.33. The molecule has 0 aliphatic carbocycles. The number of allylic oxidation sites excluding steroid dienone is 1. The minimum Gasteiger partial charge on any atom is -0.506 e. The van der Waals surface area contributed by atoms with Crippen LogP contribution in [0.25, 0.3) is 28.1 Å². The van der Waals surface area contributed by atoms with E-state index in [0.717, 1.165) is 6.07 Å². The fourth-order valence-electron chi connectivity index (χ4n) is 3.29. The van der Waals surface area contributed by atoms with Crippen LogP contribution in [0, 0.1) is 17.1 Å². The van der Waals surface area contributed by atoms with Crippen molar-refractivity contribution in [3.8, 4) is 34.2 Å². The summed E-state index contributed by atoms with van der Waals surface area (Å²) in [5.41, 5.74) is -0.123. The van der Waals surface area contributed by atoms with Crippen LogP contribution in [0.1, 0.15) is 18.2 Å². The highest BCUT2D eigenvalue weighted by atomic mass is 19.1. The lowest BCUT2D eigenvalue weighted by molar-refractivity contribution is 0.274. The van der Waals surface area contributed by atoms with Crippen molar-refractivity contribution in [3.63, 3.8) is 0 Å². The Hall–Kier alpha value is -4.42. The standard InChI is InChI=1S/C23H18FN5O3/c1-14(11-27-13-26-2)29-20(12-30)17(22-21(31)7-4-8-28-22)9-16(23(29)32)15-5-3-6-19(24)18(15)10-25/h3-9,11,13,30-31H,2,12H2,1H3/b14-11+,27-13-. The monoisotopic (exact) mass is 431 g/mol. The second-order valence-corrected chi connectivity index (χ2v) is 6.58. The summed E-state index contributed by atoms with van der Waals surface area (Å²) in [5, 5.41) is 30.0. The zero-order chi connectivity index (χ0) is 23.3. The molecule has 1 aromatic carbocycles. The molecule has 3 rings (SSSR count). The van der Waals surface area contributed by atoms with Crippen LogP contribution in [-0.4, -0.2) is 32.8 Å². The van der Waals surface area contributed by atoms with Crippen LogP contribution in [0.15, 0.2) is 63.6 Å².